The van der Waals surface area contributed by atoms with Crippen LogP contribution >= 0.6 is 0 Å². The van der Waals surface area contributed by atoms with E-state index < -0.39 is 5.92 Å². The van der Waals surface area contributed by atoms with Gasteiger partial charge in [0.1, 0.15) is 5.82 Å². The molecule has 0 aromatic heterocycles. The largest absolute Gasteiger partial charge is 0.370 e. The fourth-order valence-corrected chi connectivity index (χ4v) is 5.63. The molecule has 0 amide bonds. The Morgan fingerprint density at radius 3 is 2.74 bits per heavy atom. The Bertz CT molecular complexity index is 835. The van der Waals surface area contributed by atoms with Gasteiger partial charge in [-0.15, -0.1) is 0 Å². The van der Waals surface area contributed by atoms with Crippen molar-refractivity contribution in [3.8, 4) is 6.07 Å². The van der Waals surface area contributed by atoms with Crippen LogP contribution in [0.5, 0.6) is 0 Å². The van der Waals surface area contributed by atoms with E-state index in [9.17, 15) is 14.4 Å². The highest BCUT2D eigenvalue weighted by molar-refractivity contribution is 5.85. The smallest absolute Gasteiger partial charge is 0.151 e. The number of anilines is 1. The van der Waals surface area contributed by atoms with E-state index in [0.29, 0.717) is 23.6 Å². The molecule has 2 aliphatic heterocycles. The summed E-state index contributed by atoms with van der Waals surface area (Å²) < 4.78 is 14.9. The lowest BCUT2D eigenvalue weighted by Gasteiger charge is -2.26. The van der Waals surface area contributed by atoms with Crippen molar-refractivity contribution in [1.29, 1.82) is 5.26 Å². The van der Waals surface area contributed by atoms with Crippen LogP contribution in [0.25, 0.3) is 0 Å². The van der Waals surface area contributed by atoms with E-state index in [4.69, 9.17) is 0 Å². The number of hydrogen-bond donors (Lipinski definition) is 1. The average Bonchev–Trinajstić information content (AvgIpc) is 3.30. The summed E-state index contributed by atoms with van der Waals surface area (Å²) in [5.74, 6) is -0.206. The van der Waals surface area contributed by atoms with Crippen molar-refractivity contribution in [1.82, 2.24) is 10.2 Å². The third kappa shape index (κ3) is 5.10. The topological polar surface area (TPSA) is 59.4 Å². The zero-order valence-corrected chi connectivity index (χ0v) is 18.8. The van der Waals surface area contributed by atoms with Crippen LogP contribution in [0.15, 0.2) is 18.2 Å². The molecule has 4 rings (SSSR count). The van der Waals surface area contributed by atoms with Gasteiger partial charge in [-0.3, -0.25) is 9.69 Å². The maximum atomic E-state index is 14.9. The number of hydrogen-bond acceptors (Lipinski definition) is 5. The summed E-state index contributed by atoms with van der Waals surface area (Å²) in [6.07, 6.45) is 4.89. The number of nitriles is 1. The zero-order valence-electron chi connectivity index (χ0n) is 18.8. The van der Waals surface area contributed by atoms with Crippen molar-refractivity contribution in [2.75, 3.05) is 31.1 Å². The van der Waals surface area contributed by atoms with Crippen molar-refractivity contribution >= 4 is 11.5 Å². The Balaban J connectivity index is 1.36. The van der Waals surface area contributed by atoms with E-state index in [-0.39, 0.29) is 30.5 Å². The molecule has 2 saturated heterocycles. The van der Waals surface area contributed by atoms with Gasteiger partial charge < -0.3 is 10.2 Å². The van der Waals surface area contributed by atoms with Gasteiger partial charge in [-0.25, -0.2) is 4.39 Å². The van der Waals surface area contributed by atoms with Crippen LogP contribution in [-0.2, 0) is 11.2 Å². The van der Waals surface area contributed by atoms with Crippen molar-refractivity contribution in [2.45, 2.75) is 70.5 Å². The zero-order chi connectivity index (χ0) is 22.0. The minimum Gasteiger partial charge on any atom is -0.370 e. The van der Waals surface area contributed by atoms with Crippen LogP contribution in [0.2, 0.25) is 0 Å². The molecule has 5 nitrogen and oxygen atoms in total. The number of nitrogens with one attached hydrogen (secondary N) is 1. The SMILES string of the molecule is CC(C)N1CCCN(c2ccc(C[C@@H](C#N)CC(=O)[C@H]3N[C@@H]4CC[C@H]3C4)c(F)c2)CC1. The summed E-state index contributed by atoms with van der Waals surface area (Å²) in [6, 6.07) is 8.52. The summed E-state index contributed by atoms with van der Waals surface area (Å²) in [7, 11) is 0. The first-order chi connectivity index (χ1) is 14.9. The van der Waals surface area contributed by atoms with Crippen molar-refractivity contribution in [3.63, 3.8) is 0 Å². The summed E-state index contributed by atoms with van der Waals surface area (Å²) >= 11 is 0. The molecule has 3 fully saturated rings. The molecule has 1 aromatic rings. The Morgan fingerprint density at radius 2 is 2.10 bits per heavy atom. The Morgan fingerprint density at radius 1 is 1.26 bits per heavy atom. The number of piperidine rings is 1. The standard InChI is InChI=1S/C25H35FN4O/c1-17(2)29-8-3-9-30(11-10-29)22-7-5-19(23(26)15-22)12-18(16-27)13-24(31)25-20-4-6-21(14-20)28-25/h5,7,15,17-18,20-21,25,28H,3-4,6,8-14H2,1-2H3/t18-,20+,21-,25+/m1/s1. The third-order valence-corrected chi connectivity index (χ3v) is 7.47. The minimum absolute atomic E-state index is 0.102. The van der Waals surface area contributed by atoms with Crippen LogP contribution in [-0.4, -0.2) is 55.0 Å². The summed E-state index contributed by atoms with van der Waals surface area (Å²) in [4.78, 5) is 17.4. The summed E-state index contributed by atoms with van der Waals surface area (Å²) in [5.41, 5.74) is 1.44. The molecule has 1 aromatic carbocycles. The first kappa shape index (κ1) is 22.2. The predicted octanol–water partition coefficient (Wildman–Crippen LogP) is 3.53. The number of nitrogens with zero attached hydrogens (tertiary/aromatic N) is 3. The molecular formula is C25H35FN4O. The molecule has 168 valence electrons. The van der Waals surface area contributed by atoms with Gasteiger partial charge in [-0.2, -0.15) is 5.26 Å². The molecule has 2 heterocycles. The van der Waals surface area contributed by atoms with E-state index in [1.165, 1.54) is 0 Å². The van der Waals surface area contributed by atoms with Gasteiger partial charge in [-0.1, -0.05) is 6.07 Å². The van der Waals surface area contributed by atoms with Gasteiger partial charge in [0.2, 0.25) is 0 Å². The molecular weight excluding hydrogens is 391 g/mol. The second-order valence-corrected chi connectivity index (χ2v) is 9.86. The van der Waals surface area contributed by atoms with Crippen LogP contribution in [0.3, 0.4) is 0 Å². The predicted molar refractivity (Wildman–Crippen MR) is 120 cm³/mol. The Labute approximate surface area is 185 Å². The highest BCUT2D eigenvalue weighted by atomic mass is 19.1. The summed E-state index contributed by atoms with van der Waals surface area (Å²) in [5, 5.41) is 13.0. The lowest BCUT2D eigenvalue weighted by Crippen LogP contribution is -2.42. The quantitative estimate of drug-likeness (QED) is 0.723. The van der Waals surface area contributed by atoms with Gasteiger partial charge >= 0.3 is 0 Å². The van der Waals surface area contributed by atoms with E-state index in [1.54, 1.807) is 12.1 Å². The van der Waals surface area contributed by atoms with Gasteiger partial charge in [0.15, 0.2) is 5.78 Å². The number of fused-ring (bicyclic) bond motifs is 2. The normalized spacial score (nSPS) is 27.3. The minimum atomic E-state index is -0.480. The molecule has 0 spiro atoms. The molecule has 1 N–H and O–H groups in total. The Kier molecular flexibility index (Phi) is 6.93. The monoisotopic (exact) mass is 426 g/mol. The number of benzene rings is 1. The van der Waals surface area contributed by atoms with Crippen molar-refractivity contribution in [2.24, 2.45) is 11.8 Å². The second kappa shape index (κ2) is 9.67. The van der Waals surface area contributed by atoms with Gasteiger partial charge in [0.25, 0.3) is 0 Å². The van der Waals surface area contributed by atoms with Gasteiger partial charge in [0.05, 0.1) is 18.0 Å². The highest BCUT2D eigenvalue weighted by Gasteiger charge is 2.42. The molecule has 1 aliphatic carbocycles. The van der Waals surface area contributed by atoms with E-state index in [0.717, 1.165) is 57.5 Å². The number of ketones is 1. The van der Waals surface area contributed by atoms with Crippen LogP contribution in [0.4, 0.5) is 10.1 Å². The lowest BCUT2D eigenvalue weighted by atomic mass is 9.88. The number of carbonyl (C=O) groups is 1. The molecule has 31 heavy (non-hydrogen) atoms. The first-order valence-corrected chi connectivity index (χ1v) is 11.9. The molecule has 4 atom stereocenters. The summed E-state index contributed by atoms with van der Waals surface area (Å²) in [6.45, 7) is 8.30. The lowest BCUT2D eigenvalue weighted by molar-refractivity contribution is -0.122. The van der Waals surface area contributed by atoms with E-state index >= 15 is 0 Å². The first-order valence-electron chi connectivity index (χ1n) is 11.9. The number of rotatable bonds is 7. The molecule has 3 aliphatic rings. The molecule has 6 heteroatoms. The number of carbonyl (C=O) groups excluding carboxylic acids is 1. The van der Waals surface area contributed by atoms with E-state index in [2.05, 4.69) is 35.0 Å². The maximum absolute atomic E-state index is 14.9. The second-order valence-electron chi connectivity index (χ2n) is 9.86. The fraction of sp³-hybridized carbons (Fsp3) is 0.680. The average molecular weight is 427 g/mol. The van der Waals surface area contributed by atoms with Gasteiger partial charge in [0, 0.05) is 50.4 Å². The Hall–Kier alpha value is -1.97. The van der Waals surface area contributed by atoms with Crippen LogP contribution < -0.4 is 10.2 Å². The van der Waals surface area contributed by atoms with Gasteiger partial charge in [-0.05, 0) is 69.6 Å². The van der Waals surface area contributed by atoms with E-state index in [1.807, 2.05) is 6.07 Å². The van der Waals surface area contributed by atoms with Crippen molar-refractivity contribution < 1.29 is 9.18 Å². The number of halogens is 1. The third-order valence-electron chi connectivity index (χ3n) is 7.47. The molecule has 2 bridgehead atoms. The van der Waals surface area contributed by atoms with Crippen LogP contribution in [0.1, 0.15) is 51.5 Å². The fourth-order valence-electron chi connectivity index (χ4n) is 5.63. The van der Waals surface area contributed by atoms with Crippen molar-refractivity contribution in [3.05, 3.63) is 29.6 Å². The highest BCUT2D eigenvalue weighted by Crippen LogP contribution is 2.36. The number of Topliss-reactive ketones (excluding diaryl/α,β-unsaturated/α-hetero) is 1. The van der Waals surface area contributed by atoms with Crippen LogP contribution in [0, 0.1) is 29.0 Å². The molecule has 1 saturated carbocycles. The molecule has 0 radical (unpaired) electrons. The maximum Gasteiger partial charge on any atom is 0.151 e. The molecule has 0 unspecified atom stereocenters.